The van der Waals surface area contributed by atoms with Gasteiger partial charge in [0.2, 0.25) is 0 Å². The third-order valence-corrected chi connectivity index (χ3v) is 12.0. The summed E-state index contributed by atoms with van der Waals surface area (Å²) < 4.78 is 0. The van der Waals surface area contributed by atoms with Crippen LogP contribution in [-0.2, 0) is 0 Å². The van der Waals surface area contributed by atoms with E-state index in [1.165, 1.54) is 55.8 Å². The second-order valence-electron chi connectivity index (χ2n) is 15.3. The smallest absolute Gasteiger partial charge is 0.252 e. The van der Waals surface area contributed by atoms with Crippen molar-refractivity contribution in [2.75, 3.05) is 14.7 Å². The third-order valence-electron chi connectivity index (χ3n) is 12.0. The fourth-order valence-corrected chi connectivity index (χ4v) is 9.30. The molecule has 58 heavy (non-hydrogen) atoms. The monoisotopic (exact) mass is 741 g/mol. The molecule has 0 aromatic heterocycles. The van der Waals surface area contributed by atoms with Gasteiger partial charge in [-0.05, 0) is 118 Å². The Morgan fingerprint density at radius 2 is 0.966 bits per heavy atom. The van der Waals surface area contributed by atoms with Crippen molar-refractivity contribution in [3.63, 3.8) is 0 Å². The van der Waals surface area contributed by atoms with Crippen molar-refractivity contribution in [1.29, 1.82) is 0 Å². The first kappa shape index (κ1) is 34.0. The Morgan fingerprint density at radius 1 is 0.431 bits per heavy atom. The molecule has 0 saturated carbocycles. The Hall–Kier alpha value is -7.30. The molecule has 3 nitrogen and oxygen atoms in total. The standard InChI is InChI=1S/C54H40BN3/c1-5-16-39(17-6-1)41-28-32-45(33-29-41)56(46-34-30-42(31-35-46)40-18-7-2-8-19-40)47-36-37-49-53(38-47)58(44-22-11-4-12-23-44)52-27-15-26-51-54(52)55(49)48-24-13-14-25-50(48)57(51)43-20-9-3-10-21-43/h1-18,20-38,40H,19H2. The summed E-state index contributed by atoms with van der Waals surface area (Å²) >= 11 is 0. The first-order valence-corrected chi connectivity index (χ1v) is 20.3. The van der Waals surface area contributed by atoms with E-state index in [4.69, 9.17) is 0 Å². The van der Waals surface area contributed by atoms with E-state index in [9.17, 15) is 0 Å². The van der Waals surface area contributed by atoms with Crippen molar-refractivity contribution in [2.24, 2.45) is 0 Å². The summed E-state index contributed by atoms with van der Waals surface area (Å²) in [6, 6.07) is 73.4. The number of benzene rings is 8. The van der Waals surface area contributed by atoms with Gasteiger partial charge in [0.1, 0.15) is 0 Å². The lowest BCUT2D eigenvalue weighted by molar-refractivity contribution is 0.854. The molecular formula is C54H40BN3. The number of hydrogen-bond acceptors (Lipinski definition) is 3. The number of fused-ring (bicyclic) bond motifs is 4. The predicted molar refractivity (Wildman–Crippen MR) is 246 cm³/mol. The van der Waals surface area contributed by atoms with Crippen LogP contribution < -0.4 is 31.1 Å². The van der Waals surface area contributed by atoms with E-state index in [1.807, 2.05) is 0 Å². The second kappa shape index (κ2) is 14.3. The fourth-order valence-electron chi connectivity index (χ4n) is 9.30. The highest BCUT2D eigenvalue weighted by molar-refractivity contribution is 7.00. The van der Waals surface area contributed by atoms with Gasteiger partial charge in [-0.3, -0.25) is 0 Å². The second-order valence-corrected chi connectivity index (χ2v) is 15.3. The molecule has 11 rings (SSSR count). The summed E-state index contributed by atoms with van der Waals surface area (Å²) in [6.07, 6.45) is 9.90. The molecule has 8 aromatic rings. The molecule has 274 valence electrons. The van der Waals surface area contributed by atoms with E-state index in [0.717, 1.165) is 34.9 Å². The minimum Gasteiger partial charge on any atom is -0.311 e. The quantitative estimate of drug-likeness (QED) is 0.151. The molecule has 0 spiro atoms. The highest BCUT2D eigenvalue weighted by Gasteiger charge is 2.43. The molecule has 0 N–H and O–H groups in total. The van der Waals surface area contributed by atoms with Crippen LogP contribution in [0.25, 0.3) is 11.1 Å². The van der Waals surface area contributed by atoms with Crippen LogP contribution in [0.2, 0.25) is 0 Å². The number of rotatable bonds is 7. The van der Waals surface area contributed by atoms with Crippen molar-refractivity contribution in [3.8, 4) is 11.1 Å². The van der Waals surface area contributed by atoms with Crippen LogP contribution in [0.1, 0.15) is 17.9 Å². The molecule has 1 unspecified atom stereocenters. The van der Waals surface area contributed by atoms with Crippen molar-refractivity contribution in [1.82, 2.24) is 0 Å². The fraction of sp³-hybridized carbons (Fsp3) is 0.0370. The Morgan fingerprint density at radius 3 is 1.62 bits per heavy atom. The molecule has 1 atom stereocenters. The van der Waals surface area contributed by atoms with Gasteiger partial charge >= 0.3 is 0 Å². The minimum absolute atomic E-state index is 0.0573. The van der Waals surface area contributed by atoms with Gasteiger partial charge in [0.15, 0.2) is 0 Å². The molecule has 0 saturated heterocycles. The molecule has 0 radical (unpaired) electrons. The summed E-state index contributed by atoms with van der Waals surface area (Å²) in [7, 11) is 0. The lowest BCUT2D eigenvalue weighted by Gasteiger charge is -2.44. The number of para-hydroxylation sites is 3. The maximum absolute atomic E-state index is 2.48. The van der Waals surface area contributed by atoms with E-state index in [-0.39, 0.29) is 6.71 Å². The van der Waals surface area contributed by atoms with Crippen LogP contribution in [0.5, 0.6) is 0 Å². The van der Waals surface area contributed by atoms with E-state index >= 15 is 0 Å². The molecule has 1 aliphatic carbocycles. The minimum atomic E-state index is 0.0573. The summed E-state index contributed by atoms with van der Waals surface area (Å²) in [5, 5.41) is 0. The number of nitrogens with zero attached hydrogens (tertiary/aromatic N) is 3. The van der Waals surface area contributed by atoms with Crippen LogP contribution in [0.3, 0.4) is 0 Å². The van der Waals surface area contributed by atoms with Gasteiger partial charge in [-0.1, -0.05) is 146 Å². The molecular weight excluding hydrogens is 701 g/mol. The van der Waals surface area contributed by atoms with Crippen LogP contribution in [-0.4, -0.2) is 6.71 Å². The van der Waals surface area contributed by atoms with Crippen LogP contribution in [0, 0.1) is 0 Å². The lowest BCUT2D eigenvalue weighted by atomic mass is 9.33. The number of hydrogen-bond donors (Lipinski definition) is 0. The number of anilines is 9. The van der Waals surface area contributed by atoms with Gasteiger partial charge in [-0.2, -0.15) is 0 Å². The number of allylic oxidation sites excluding steroid dienone is 4. The Kier molecular flexibility index (Phi) is 8.40. The first-order valence-electron chi connectivity index (χ1n) is 20.3. The predicted octanol–water partition coefficient (Wildman–Crippen LogP) is 12.5. The van der Waals surface area contributed by atoms with Crippen molar-refractivity contribution in [2.45, 2.75) is 12.3 Å². The highest BCUT2D eigenvalue weighted by atomic mass is 15.2. The van der Waals surface area contributed by atoms with Gasteiger partial charge < -0.3 is 14.7 Å². The average Bonchev–Trinajstić information content (AvgIpc) is 3.30. The maximum Gasteiger partial charge on any atom is 0.252 e. The van der Waals surface area contributed by atoms with Gasteiger partial charge in [0.05, 0.1) is 0 Å². The van der Waals surface area contributed by atoms with Crippen LogP contribution in [0.15, 0.2) is 224 Å². The van der Waals surface area contributed by atoms with E-state index < -0.39 is 0 Å². The molecule has 8 aromatic carbocycles. The molecule has 0 bridgehead atoms. The highest BCUT2D eigenvalue weighted by Crippen LogP contribution is 2.46. The van der Waals surface area contributed by atoms with Crippen molar-refractivity contribution < 1.29 is 0 Å². The van der Waals surface area contributed by atoms with E-state index in [2.05, 4.69) is 239 Å². The van der Waals surface area contributed by atoms with Crippen molar-refractivity contribution >= 4 is 74.3 Å². The first-order chi connectivity index (χ1) is 28.8. The molecule has 2 heterocycles. The zero-order chi connectivity index (χ0) is 38.4. The Labute approximate surface area is 341 Å². The zero-order valence-corrected chi connectivity index (χ0v) is 32.1. The molecule has 0 amide bonds. The van der Waals surface area contributed by atoms with Gasteiger partial charge in [0.25, 0.3) is 6.71 Å². The third kappa shape index (κ3) is 5.76. The normalized spacial score (nSPS) is 14.8. The molecule has 4 heteroatoms. The zero-order valence-electron chi connectivity index (χ0n) is 32.1. The lowest BCUT2D eigenvalue weighted by Crippen LogP contribution is -2.61. The topological polar surface area (TPSA) is 9.72 Å². The summed E-state index contributed by atoms with van der Waals surface area (Å²) in [6.45, 7) is 0.0573. The van der Waals surface area contributed by atoms with Crippen molar-refractivity contribution in [3.05, 3.63) is 230 Å². The molecule has 3 aliphatic rings. The summed E-state index contributed by atoms with van der Waals surface area (Å²) in [5.41, 5.74) is 18.1. The average molecular weight is 742 g/mol. The molecule has 2 aliphatic heterocycles. The van der Waals surface area contributed by atoms with Crippen LogP contribution >= 0.6 is 0 Å². The largest absolute Gasteiger partial charge is 0.311 e. The van der Waals surface area contributed by atoms with E-state index in [0.29, 0.717) is 5.92 Å². The summed E-state index contributed by atoms with van der Waals surface area (Å²) in [4.78, 5) is 7.33. The SMILES string of the molecule is C1=CCC(c2ccc(N(c3ccc(-c4ccccc4)cc3)c3ccc4c(c3)N(c3ccccc3)c3cccc5c3B4c3ccccc3N5c3ccccc3)cc2)C=C1. The maximum atomic E-state index is 2.48. The van der Waals surface area contributed by atoms with Crippen LogP contribution in [0.4, 0.5) is 51.2 Å². The Bertz CT molecular complexity index is 2810. The Balaban J connectivity index is 1.10. The van der Waals surface area contributed by atoms with Gasteiger partial charge in [-0.25, -0.2) is 0 Å². The van der Waals surface area contributed by atoms with Gasteiger partial charge in [-0.15, -0.1) is 0 Å². The van der Waals surface area contributed by atoms with E-state index in [1.54, 1.807) is 0 Å². The summed E-state index contributed by atoms with van der Waals surface area (Å²) in [5.74, 6) is 0.391. The molecule has 0 fully saturated rings. The van der Waals surface area contributed by atoms with Gasteiger partial charge in [0, 0.05) is 57.1 Å².